The first-order valence-electron chi connectivity index (χ1n) is 9.32. The van der Waals surface area contributed by atoms with E-state index in [4.69, 9.17) is 5.73 Å². The number of nitrogens with two attached hydrogens (primary N) is 1. The molecule has 8 nitrogen and oxygen atoms in total. The molecule has 0 spiro atoms. The highest BCUT2D eigenvalue weighted by molar-refractivity contribution is 5.86. The van der Waals surface area contributed by atoms with Crippen LogP contribution in [0.5, 0.6) is 0 Å². The SMILES string of the molecule is CCC(Nc1nnnn1-c1ccccc1)C(=O)N1CC2CCC(N)C2C1.Cl.Cl. The Morgan fingerprint density at radius 1 is 1.25 bits per heavy atom. The van der Waals surface area contributed by atoms with Gasteiger partial charge in [-0.15, -0.1) is 24.8 Å². The van der Waals surface area contributed by atoms with E-state index in [1.807, 2.05) is 42.2 Å². The fourth-order valence-corrected chi connectivity index (χ4v) is 4.22. The molecule has 28 heavy (non-hydrogen) atoms. The second kappa shape index (κ2) is 9.54. The Morgan fingerprint density at radius 2 is 2.00 bits per heavy atom. The Morgan fingerprint density at radius 3 is 2.68 bits per heavy atom. The monoisotopic (exact) mass is 427 g/mol. The van der Waals surface area contributed by atoms with Crippen LogP contribution in [-0.2, 0) is 4.79 Å². The highest BCUT2D eigenvalue weighted by atomic mass is 35.5. The molecule has 2 aromatic rings. The number of nitrogens with zero attached hydrogens (tertiary/aromatic N) is 5. The summed E-state index contributed by atoms with van der Waals surface area (Å²) in [6.07, 6.45) is 2.88. The second-order valence-corrected chi connectivity index (χ2v) is 7.26. The topological polar surface area (TPSA) is 102 Å². The summed E-state index contributed by atoms with van der Waals surface area (Å²) in [4.78, 5) is 15.0. The summed E-state index contributed by atoms with van der Waals surface area (Å²) in [5.41, 5.74) is 7.05. The molecule has 1 saturated carbocycles. The fourth-order valence-electron chi connectivity index (χ4n) is 4.22. The molecule has 4 rings (SSSR count). The van der Waals surface area contributed by atoms with E-state index in [0.717, 1.165) is 31.6 Å². The number of likely N-dealkylation sites (tertiary alicyclic amines) is 1. The fraction of sp³-hybridized carbons (Fsp3) is 0.556. The molecule has 0 bridgehead atoms. The average Bonchev–Trinajstić information content (AvgIpc) is 3.37. The van der Waals surface area contributed by atoms with Crippen LogP contribution in [0.25, 0.3) is 5.69 Å². The molecule has 1 amide bonds. The number of fused-ring (bicyclic) bond motifs is 1. The zero-order valence-corrected chi connectivity index (χ0v) is 17.4. The molecule has 1 aromatic heterocycles. The third kappa shape index (κ3) is 4.24. The lowest BCUT2D eigenvalue weighted by Gasteiger charge is -2.24. The molecule has 4 unspecified atom stereocenters. The summed E-state index contributed by atoms with van der Waals surface area (Å²) in [5.74, 6) is 1.59. The van der Waals surface area contributed by atoms with Crippen molar-refractivity contribution in [3.63, 3.8) is 0 Å². The molecule has 154 valence electrons. The van der Waals surface area contributed by atoms with Crippen molar-refractivity contribution in [2.24, 2.45) is 17.6 Å². The number of hydrogen-bond donors (Lipinski definition) is 2. The van der Waals surface area contributed by atoms with E-state index >= 15 is 0 Å². The molecule has 10 heteroatoms. The van der Waals surface area contributed by atoms with Crippen LogP contribution in [0.2, 0.25) is 0 Å². The maximum atomic E-state index is 13.0. The van der Waals surface area contributed by atoms with Gasteiger partial charge in [-0.1, -0.05) is 30.2 Å². The van der Waals surface area contributed by atoms with E-state index in [1.165, 1.54) is 0 Å². The van der Waals surface area contributed by atoms with Crippen molar-refractivity contribution >= 4 is 36.7 Å². The van der Waals surface area contributed by atoms with E-state index < -0.39 is 0 Å². The lowest BCUT2D eigenvalue weighted by Crippen LogP contribution is -2.43. The minimum atomic E-state index is -0.349. The van der Waals surface area contributed by atoms with Gasteiger partial charge in [0, 0.05) is 19.1 Å². The lowest BCUT2D eigenvalue weighted by molar-refractivity contribution is -0.131. The first kappa shape index (κ1) is 22.4. The smallest absolute Gasteiger partial charge is 0.248 e. The molecular formula is C18H27Cl2N7O. The molecule has 2 aliphatic rings. The minimum Gasteiger partial charge on any atom is -0.341 e. The Kier molecular flexibility index (Phi) is 7.63. The maximum Gasteiger partial charge on any atom is 0.248 e. The third-order valence-electron chi connectivity index (χ3n) is 5.70. The van der Waals surface area contributed by atoms with Crippen molar-refractivity contribution in [2.45, 2.75) is 38.3 Å². The molecule has 4 atom stereocenters. The predicted molar refractivity (Wildman–Crippen MR) is 112 cm³/mol. The molecule has 1 aliphatic carbocycles. The van der Waals surface area contributed by atoms with Gasteiger partial charge in [0.05, 0.1) is 5.69 Å². The van der Waals surface area contributed by atoms with Gasteiger partial charge in [-0.2, -0.15) is 4.68 Å². The number of para-hydroxylation sites is 1. The molecule has 2 fully saturated rings. The van der Waals surface area contributed by atoms with Crippen LogP contribution in [0, 0.1) is 11.8 Å². The largest absolute Gasteiger partial charge is 0.341 e. The third-order valence-corrected chi connectivity index (χ3v) is 5.70. The number of hydrogen-bond acceptors (Lipinski definition) is 6. The zero-order valence-electron chi connectivity index (χ0n) is 15.8. The van der Waals surface area contributed by atoms with Crippen LogP contribution in [0.3, 0.4) is 0 Å². The second-order valence-electron chi connectivity index (χ2n) is 7.26. The Bertz CT molecular complexity index is 772. The number of rotatable bonds is 5. The molecule has 1 saturated heterocycles. The van der Waals surface area contributed by atoms with E-state index in [0.29, 0.717) is 24.2 Å². The average molecular weight is 428 g/mol. The number of anilines is 1. The Labute approximate surface area is 177 Å². The lowest BCUT2D eigenvalue weighted by atomic mass is 9.98. The highest BCUT2D eigenvalue weighted by Crippen LogP contribution is 2.37. The molecule has 1 aromatic carbocycles. The van der Waals surface area contributed by atoms with Gasteiger partial charge in [0.25, 0.3) is 0 Å². The van der Waals surface area contributed by atoms with E-state index in [2.05, 4.69) is 20.8 Å². The zero-order chi connectivity index (χ0) is 18.1. The van der Waals surface area contributed by atoms with Crippen LogP contribution in [0.4, 0.5) is 5.95 Å². The minimum absolute atomic E-state index is 0. The van der Waals surface area contributed by atoms with Crippen LogP contribution in [-0.4, -0.2) is 56.2 Å². The normalized spacial score (nSPS) is 24.1. The van der Waals surface area contributed by atoms with Gasteiger partial charge >= 0.3 is 0 Å². The van der Waals surface area contributed by atoms with Gasteiger partial charge in [0.2, 0.25) is 11.9 Å². The van der Waals surface area contributed by atoms with E-state index in [-0.39, 0.29) is 42.8 Å². The Hall–Kier alpha value is -1.90. The van der Waals surface area contributed by atoms with Crippen LogP contribution in [0.1, 0.15) is 26.2 Å². The van der Waals surface area contributed by atoms with Crippen molar-refractivity contribution in [2.75, 3.05) is 18.4 Å². The van der Waals surface area contributed by atoms with Gasteiger partial charge in [0.15, 0.2) is 0 Å². The summed E-state index contributed by atoms with van der Waals surface area (Å²) in [5, 5.41) is 15.1. The first-order chi connectivity index (χ1) is 12.7. The van der Waals surface area contributed by atoms with Gasteiger partial charge in [-0.25, -0.2) is 0 Å². The number of carbonyl (C=O) groups excluding carboxylic acids is 1. The molecular weight excluding hydrogens is 401 g/mol. The van der Waals surface area contributed by atoms with Crippen molar-refractivity contribution in [3.05, 3.63) is 30.3 Å². The molecule has 2 heterocycles. The van der Waals surface area contributed by atoms with Gasteiger partial charge in [-0.05, 0) is 53.7 Å². The number of amides is 1. The van der Waals surface area contributed by atoms with E-state index in [1.54, 1.807) is 4.68 Å². The van der Waals surface area contributed by atoms with Gasteiger partial charge in [0.1, 0.15) is 6.04 Å². The van der Waals surface area contributed by atoms with Crippen molar-refractivity contribution in [1.82, 2.24) is 25.1 Å². The maximum absolute atomic E-state index is 13.0. The number of tetrazole rings is 1. The van der Waals surface area contributed by atoms with Crippen LogP contribution in [0.15, 0.2) is 30.3 Å². The summed E-state index contributed by atoms with van der Waals surface area (Å²) in [6.45, 7) is 3.58. The van der Waals surface area contributed by atoms with Gasteiger partial charge < -0.3 is 16.0 Å². The Balaban J connectivity index is 0.00000140. The van der Waals surface area contributed by atoms with Crippen molar-refractivity contribution in [3.8, 4) is 5.69 Å². The summed E-state index contributed by atoms with van der Waals surface area (Å²) < 4.78 is 1.62. The van der Waals surface area contributed by atoms with Crippen molar-refractivity contribution < 1.29 is 4.79 Å². The van der Waals surface area contributed by atoms with Gasteiger partial charge in [-0.3, -0.25) is 4.79 Å². The predicted octanol–water partition coefficient (Wildman–Crippen LogP) is 1.89. The number of nitrogens with one attached hydrogen (secondary N) is 1. The number of halogens is 2. The number of carbonyl (C=O) groups is 1. The standard InChI is InChI=1S/C18H25N7O.2ClH/c1-2-16(17(26)24-10-12-8-9-15(19)14(12)11-24)20-18-21-22-23-25(18)13-6-4-3-5-7-13;;/h3-7,12,14-16H,2,8-11,19H2,1H3,(H,20,21,23);2*1H. The summed E-state index contributed by atoms with van der Waals surface area (Å²) >= 11 is 0. The quantitative estimate of drug-likeness (QED) is 0.754. The first-order valence-corrected chi connectivity index (χ1v) is 9.32. The summed E-state index contributed by atoms with van der Waals surface area (Å²) in [7, 11) is 0. The van der Waals surface area contributed by atoms with Crippen molar-refractivity contribution in [1.29, 1.82) is 0 Å². The van der Waals surface area contributed by atoms with E-state index in [9.17, 15) is 4.79 Å². The summed E-state index contributed by atoms with van der Waals surface area (Å²) in [6, 6.07) is 9.52. The van der Waals surface area contributed by atoms with Crippen LogP contribution < -0.4 is 11.1 Å². The highest BCUT2D eigenvalue weighted by Gasteiger charge is 2.43. The van der Waals surface area contributed by atoms with Crippen LogP contribution >= 0.6 is 24.8 Å². The molecule has 3 N–H and O–H groups in total. The molecule has 1 aliphatic heterocycles. The number of aromatic nitrogens is 4. The molecule has 0 radical (unpaired) electrons. The number of benzene rings is 1.